The molecule has 0 radical (unpaired) electrons. The topological polar surface area (TPSA) is 193 Å². The van der Waals surface area contributed by atoms with E-state index in [1.54, 1.807) is 30.3 Å². The van der Waals surface area contributed by atoms with Gasteiger partial charge >= 0.3 is 23.9 Å². The predicted molar refractivity (Wildman–Crippen MR) is 359 cm³/mol. The second-order valence-corrected chi connectivity index (χ2v) is 27.6. The first-order valence-corrected chi connectivity index (χ1v) is 34.7. The van der Waals surface area contributed by atoms with Gasteiger partial charge in [-0.2, -0.15) is 10.5 Å². The van der Waals surface area contributed by atoms with E-state index in [1.807, 2.05) is 84.9 Å². The lowest BCUT2D eigenvalue weighted by Crippen LogP contribution is -2.30. The van der Waals surface area contributed by atoms with Crippen LogP contribution in [0.3, 0.4) is 0 Å². The van der Waals surface area contributed by atoms with Crippen molar-refractivity contribution in [2.45, 2.75) is 130 Å². The normalized spacial score (nSPS) is 17.0. The standard InChI is InChI=1S/C76H72F2N2O12S3/c1-2-9-49-16-19-53(20-17-49)70(81)89-48-76(35-31-58(45-79)74-92-65-29-25-59(77)44-69(65)93-74,34-30-50-12-14-51(15-13-50)32-39-88-73(84)61(46-80)75-94-67-10-4-5-11-68(67)95-75)33-6-3-7-37-87-71(82)57-24-28-63(62(78)43-57)91-72(83)56-22-21-55-42-60(26-23-54(55)41-56)86-38-8-36-85-47-52-18-27-64-66(40-52)90-64/h4-5,10-17,19-26,28-29,41-44,52,64,66H,2-3,6-9,18,27,30-40,47-48H2,1H3/b74-58+. The molecule has 1 saturated carbocycles. The highest BCUT2D eigenvalue weighted by Gasteiger charge is 2.44. The van der Waals surface area contributed by atoms with Gasteiger partial charge in [-0.3, -0.25) is 0 Å². The lowest BCUT2D eigenvalue weighted by Gasteiger charge is -2.34. The first-order chi connectivity index (χ1) is 46.3. The number of rotatable bonds is 31. The Morgan fingerprint density at radius 1 is 0.611 bits per heavy atom. The van der Waals surface area contributed by atoms with Gasteiger partial charge < -0.3 is 37.9 Å². The SMILES string of the molecule is CCCc1ccc(C(=O)OCC(CCCCCOC(=O)c2ccc(OC(=O)c3ccc4cc(OCCCOCC5CCC6OC6C5)ccc4c3)c(F)c2)(CC/C(C#N)=C2/Oc3ccc(F)cc3S2)CCc2ccc(CCOC(=O)C(C#N)=C3Sc4ccccc4S3)cc2)cc1. The van der Waals surface area contributed by atoms with Crippen LogP contribution in [0.2, 0.25) is 0 Å². The van der Waals surface area contributed by atoms with Crippen LogP contribution in [0.5, 0.6) is 17.2 Å². The van der Waals surface area contributed by atoms with Crippen LogP contribution >= 0.6 is 35.3 Å². The van der Waals surface area contributed by atoms with Crippen LogP contribution < -0.4 is 14.2 Å². The second-order valence-electron chi connectivity index (χ2n) is 24.2. The molecule has 0 amide bonds. The first kappa shape index (κ1) is 68.0. The molecule has 4 aliphatic rings. The summed E-state index contributed by atoms with van der Waals surface area (Å²) in [6.45, 7) is 4.06. The van der Waals surface area contributed by atoms with Crippen molar-refractivity contribution < 1.29 is 65.9 Å². The minimum atomic E-state index is -0.915. The molecule has 95 heavy (non-hydrogen) atoms. The van der Waals surface area contributed by atoms with E-state index >= 15 is 4.39 Å². The highest BCUT2D eigenvalue weighted by atomic mass is 32.2. The van der Waals surface area contributed by atoms with E-state index in [2.05, 4.69) is 13.0 Å². The summed E-state index contributed by atoms with van der Waals surface area (Å²) >= 11 is 3.95. The maximum absolute atomic E-state index is 15.6. The number of aryl methyl sites for hydroxylation is 2. The average Bonchev–Trinajstić information content (AvgIpc) is 1.86. The summed E-state index contributed by atoms with van der Waals surface area (Å²) in [5.74, 6) is -2.66. The Labute approximate surface area is 564 Å². The van der Waals surface area contributed by atoms with Crippen LogP contribution in [-0.4, -0.2) is 75.7 Å². The molecule has 11 rings (SSSR count). The Morgan fingerprint density at radius 2 is 1.33 bits per heavy atom. The van der Waals surface area contributed by atoms with Gasteiger partial charge in [-0.25, -0.2) is 28.0 Å². The molecule has 0 bridgehead atoms. The number of carbonyl (C=O) groups is 4. The van der Waals surface area contributed by atoms with Gasteiger partial charge in [-0.05, 0) is 194 Å². The molecule has 14 nitrogen and oxygen atoms in total. The Morgan fingerprint density at radius 3 is 2.08 bits per heavy atom. The van der Waals surface area contributed by atoms with Crippen LogP contribution in [0.1, 0.15) is 132 Å². The quantitative estimate of drug-likeness (QED) is 0.00757. The Hall–Kier alpha value is -8.43. The number of hydrogen-bond acceptors (Lipinski definition) is 17. The summed E-state index contributed by atoms with van der Waals surface area (Å²) in [5.41, 5.74) is 3.22. The average molecular weight is 1340 g/mol. The van der Waals surface area contributed by atoms with Crippen molar-refractivity contribution in [3.8, 4) is 29.4 Å². The van der Waals surface area contributed by atoms with E-state index in [4.69, 9.17) is 37.9 Å². The molecule has 1 aliphatic carbocycles. The maximum atomic E-state index is 15.6. The van der Waals surface area contributed by atoms with Crippen LogP contribution in [0.4, 0.5) is 8.78 Å². The van der Waals surface area contributed by atoms with Crippen LogP contribution in [0, 0.1) is 45.6 Å². The van der Waals surface area contributed by atoms with Crippen molar-refractivity contribution >= 4 is 69.9 Å². The third kappa shape index (κ3) is 18.5. The van der Waals surface area contributed by atoms with Gasteiger partial charge in [0.1, 0.15) is 23.4 Å². The highest BCUT2D eigenvalue weighted by Crippen LogP contribution is 2.52. The predicted octanol–water partition coefficient (Wildman–Crippen LogP) is 17.3. The van der Waals surface area contributed by atoms with Gasteiger partial charge in [0.05, 0.1) is 76.1 Å². The van der Waals surface area contributed by atoms with E-state index in [-0.39, 0.29) is 48.7 Å². The van der Waals surface area contributed by atoms with Crippen molar-refractivity contribution in [2.75, 3.05) is 39.6 Å². The Kier molecular flexibility index (Phi) is 23.5. The molecule has 4 unspecified atom stereocenters. The number of carbonyl (C=O) groups excluding carboxylic acids is 4. The van der Waals surface area contributed by atoms with Gasteiger partial charge in [0.2, 0.25) is 0 Å². The fourth-order valence-electron chi connectivity index (χ4n) is 11.9. The van der Waals surface area contributed by atoms with Gasteiger partial charge in [-0.15, -0.1) is 0 Å². The van der Waals surface area contributed by atoms with E-state index in [0.29, 0.717) is 120 Å². The molecule has 0 spiro atoms. The minimum Gasteiger partial charge on any atom is -0.493 e. The molecular formula is C76H72F2N2O12S3. The third-order valence-corrected chi connectivity index (χ3v) is 21.0. The number of ether oxygens (including phenoxy) is 8. The fraction of sp³-hybridized carbons (Fsp3) is 0.342. The summed E-state index contributed by atoms with van der Waals surface area (Å²) in [7, 11) is 0. The number of benzene rings is 7. The summed E-state index contributed by atoms with van der Waals surface area (Å²) in [4.78, 5) is 56.2. The number of hydrogen-bond donors (Lipinski definition) is 0. The number of nitrogens with zero attached hydrogens (tertiary/aromatic N) is 2. The Bertz CT molecular complexity index is 4060. The van der Waals surface area contributed by atoms with E-state index < -0.39 is 40.9 Å². The number of fused-ring (bicyclic) bond motifs is 4. The molecule has 1 saturated heterocycles. The molecule has 19 heteroatoms. The fourth-order valence-corrected chi connectivity index (χ4v) is 15.3. The maximum Gasteiger partial charge on any atom is 0.350 e. The lowest BCUT2D eigenvalue weighted by atomic mass is 9.74. The molecule has 3 aliphatic heterocycles. The summed E-state index contributed by atoms with van der Waals surface area (Å²) < 4.78 is 77.0. The summed E-state index contributed by atoms with van der Waals surface area (Å²) in [6.07, 6.45) is 11.2. The molecule has 2 fully saturated rings. The largest absolute Gasteiger partial charge is 0.493 e. The molecule has 3 heterocycles. The molecule has 490 valence electrons. The van der Waals surface area contributed by atoms with Crippen molar-refractivity contribution in [2.24, 2.45) is 11.3 Å². The van der Waals surface area contributed by atoms with Crippen LogP contribution in [0.15, 0.2) is 181 Å². The van der Waals surface area contributed by atoms with Crippen molar-refractivity contribution in [3.63, 3.8) is 0 Å². The monoisotopic (exact) mass is 1340 g/mol. The second kappa shape index (κ2) is 32.8. The zero-order valence-electron chi connectivity index (χ0n) is 52.7. The number of thioether (sulfide) groups is 3. The first-order valence-electron chi connectivity index (χ1n) is 32.3. The van der Waals surface area contributed by atoms with Gasteiger partial charge in [0.15, 0.2) is 22.2 Å². The van der Waals surface area contributed by atoms with Crippen molar-refractivity contribution in [1.82, 2.24) is 0 Å². The van der Waals surface area contributed by atoms with E-state index in [0.717, 1.165) is 88.5 Å². The number of esters is 4. The zero-order valence-corrected chi connectivity index (χ0v) is 55.2. The third-order valence-electron chi connectivity index (χ3n) is 17.4. The van der Waals surface area contributed by atoms with Crippen molar-refractivity contribution in [3.05, 3.63) is 211 Å². The number of halogens is 2. The molecular weight excluding hydrogens is 1270 g/mol. The van der Waals surface area contributed by atoms with Crippen LogP contribution in [-0.2, 0) is 47.7 Å². The zero-order chi connectivity index (χ0) is 66.1. The van der Waals surface area contributed by atoms with Crippen molar-refractivity contribution in [1.29, 1.82) is 10.5 Å². The van der Waals surface area contributed by atoms with Gasteiger partial charge in [-0.1, -0.05) is 110 Å². The molecule has 0 aromatic heterocycles. The molecule has 4 atom stereocenters. The lowest BCUT2D eigenvalue weighted by molar-refractivity contribution is -0.138. The number of nitriles is 2. The molecule has 0 N–H and O–H groups in total. The summed E-state index contributed by atoms with van der Waals surface area (Å²) in [5, 5.41) is 22.5. The van der Waals surface area contributed by atoms with Gasteiger partial charge in [0, 0.05) is 41.3 Å². The van der Waals surface area contributed by atoms with Gasteiger partial charge in [0.25, 0.3) is 0 Å². The summed E-state index contributed by atoms with van der Waals surface area (Å²) in [6, 6.07) is 45.8. The Balaban J connectivity index is 0.698. The van der Waals surface area contributed by atoms with E-state index in [9.17, 15) is 34.1 Å². The van der Waals surface area contributed by atoms with Crippen LogP contribution in [0.25, 0.3) is 10.8 Å². The minimum absolute atomic E-state index is 0.0175. The van der Waals surface area contributed by atoms with E-state index in [1.165, 1.54) is 65.6 Å². The molecule has 7 aromatic carbocycles. The number of unbranched alkanes of at least 4 members (excludes halogenated alkanes) is 2. The molecule has 7 aromatic rings. The smallest absolute Gasteiger partial charge is 0.350 e. The number of epoxide rings is 1. The highest BCUT2D eigenvalue weighted by molar-refractivity contribution is 8.24. The number of allylic oxidation sites excluding steroid dienone is 1.